The summed E-state index contributed by atoms with van der Waals surface area (Å²) in [5.74, 6) is -0.350. The number of aryl methyl sites for hydroxylation is 1. The zero-order valence-corrected chi connectivity index (χ0v) is 22.8. The molecule has 0 saturated heterocycles. The molecule has 0 unspecified atom stereocenters. The van der Waals surface area contributed by atoms with E-state index in [1.807, 2.05) is 6.92 Å². The molecule has 8 nitrogen and oxygen atoms in total. The lowest BCUT2D eigenvalue weighted by atomic mass is 10.0. The maximum Gasteiger partial charge on any atom is 0.242 e. The number of hydrogen-bond donors (Lipinski definition) is 3. The molecule has 0 heterocycles. The summed E-state index contributed by atoms with van der Waals surface area (Å²) >= 11 is 6.61. The summed E-state index contributed by atoms with van der Waals surface area (Å²) in [6, 6.07) is 16.0. The molecule has 35 heavy (non-hydrogen) atoms. The number of phenols is 1. The van der Waals surface area contributed by atoms with Gasteiger partial charge in [0.05, 0.1) is 28.7 Å². The molecule has 3 aromatic rings. The molecule has 0 aliphatic heterocycles. The van der Waals surface area contributed by atoms with Crippen LogP contribution in [0.2, 0.25) is 0 Å². The molecule has 1 amide bonds. The number of rotatable bonds is 9. The number of phenolic OH excluding ortho intramolecular Hbond substituents is 1. The minimum atomic E-state index is -3.87. The van der Waals surface area contributed by atoms with E-state index in [1.54, 1.807) is 48.5 Å². The molecule has 0 aromatic heterocycles. The average Bonchev–Trinajstić information content (AvgIpc) is 2.84. The molecule has 0 bridgehead atoms. The van der Waals surface area contributed by atoms with E-state index < -0.39 is 22.0 Å². The Morgan fingerprint density at radius 2 is 1.77 bits per heavy atom. The number of nitrogens with one attached hydrogen (secondary N) is 2. The molecular weight excluding hydrogens is 602 g/mol. The number of amides is 1. The molecule has 11 heteroatoms. The van der Waals surface area contributed by atoms with Gasteiger partial charge in [-0.05, 0) is 62.5 Å². The summed E-state index contributed by atoms with van der Waals surface area (Å²) in [6.07, 6.45) is 1.19. The zero-order chi connectivity index (χ0) is 25.6. The van der Waals surface area contributed by atoms with Gasteiger partial charge in [-0.1, -0.05) is 48.0 Å². The van der Waals surface area contributed by atoms with Crippen molar-refractivity contribution < 1.29 is 23.1 Å². The van der Waals surface area contributed by atoms with Crippen molar-refractivity contribution in [1.82, 2.24) is 10.1 Å². The van der Waals surface area contributed by atoms with Gasteiger partial charge in [0.1, 0.15) is 0 Å². The number of halogens is 2. The molecule has 3 aromatic carbocycles. The SMILES string of the molecule is COc1cc(/C=N\NC(=O)C[C@H](NS(=O)(=O)c2ccc(C)cc2)c2ccccc2)c(Br)c(Br)c1O. The quantitative estimate of drug-likeness (QED) is 0.234. The third kappa shape index (κ3) is 6.91. The summed E-state index contributed by atoms with van der Waals surface area (Å²) in [6.45, 7) is 1.87. The van der Waals surface area contributed by atoms with Crippen molar-refractivity contribution in [3.8, 4) is 11.5 Å². The number of carbonyl (C=O) groups is 1. The first-order valence-corrected chi connectivity index (χ1v) is 13.4. The van der Waals surface area contributed by atoms with Gasteiger partial charge in [-0.2, -0.15) is 5.10 Å². The van der Waals surface area contributed by atoms with Gasteiger partial charge in [0.2, 0.25) is 15.9 Å². The highest BCUT2D eigenvalue weighted by atomic mass is 79.9. The average molecular weight is 625 g/mol. The normalized spacial score (nSPS) is 12.5. The van der Waals surface area contributed by atoms with Crippen LogP contribution in [0.25, 0.3) is 0 Å². The van der Waals surface area contributed by atoms with Crippen LogP contribution >= 0.6 is 31.9 Å². The second kappa shape index (κ2) is 11.8. The molecule has 1 atom stereocenters. The highest BCUT2D eigenvalue weighted by Gasteiger charge is 2.24. The monoisotopic (exact) mass is 623 g/mol. The lowest BCUT2D eigenvalue weighted by Gasteiger charge is -2.18. The van der Waals surface area contributed by atoms with Crippen LogP contribution in [0.5, 0.6) is 11.5 Å². The summed E-state index contributed by atoms with van der Waals surface area (Å²) in [4.78, 5) is 12.8. The number of hydrogen-bond acceptors (Lipinski definition) is 6. The van der Waals surface area contributed by atoms with Crippen molar-refractivity contribution in [3.05, 3.63) is 86.3 Å². The smallest absolute Gasteiger partial charge is 0.242 e. The second-order valence-corrected chi connectivity index (χ2v) is 10.8. The molecule has 0 saturated carbocycles. The number of sulfonamides is 1. The third-order valence-electron chi connectivity index (χ3n) is 5.01. The Labute approximate surface area is 220 Å². The number of hydrazone groups is 1. The second-order valence-electron chi connectivity index (χ2n) is 7.54. The fourth-order valence-electron chi connectivity index (χ4n) is 3.15. The first-order chi connectivity index (χ1) is 16.6. The van der Waals surface area contributed by atoms with Gasteiger partial charge in [0.25, 0.3) is 0 Å². The van der Waals surface area contributed by atoms with Crippen LogP contribution in [0.15, 0.2) is 79.6 Å². The standard InChI is InChI=1S/C24H23Br2N3O5S/c1-15-8-10-18(11-9-15)35(32,33)29-19(16-6-4-3-5-7-16)13-21(30)28-27-14-17-12-20(34-2)24(31)23(26)22(17)25/h3-12,14,19,29,31H,13H2,1-2H3,(H,28,30)/b27-14-/t19-/m0/s1. The molecule has 3 N–H and O–H groups in total. The molecule has 0 spiro atoms. The Kier molecular flexibility index (Phi) is 9.06. The minimum Gasteiger partial charge on any atom is -0.503 e. The highest BCUT2D eigenvalue weighted by Crippen LogP contribution is 2.41. The predicted molar refractivity (Wildman–Crippen MR) is 141 cm³/mol. The number of aromatic hydroxyl groups is 1. The number of nitrogens with zero attached hydrogens (tertiary/aromatic N) is 1. The fraction of sp³-hybridized carbons (Fsp3) is 0.167. The van der Waals surface area contributed by atoms with Crippen LogP contribution in [0.3, 0.4) is 0 Å². The Morgan fingerprint density at radius 1 is 1.11 bits per heavy atom. The Bertz CT molecular complexity index is 1330. The van der Waals surface area contributed by atoms with Crippen LogP contribution in [0.4, 0.5) is 0 Å². The first kappa shape index (κ1) is 26.9. The van der Waals surface area contributed by atoms with E-state index in [0.717, 1.165) is 5.56 Å². The maximum absolute atomic E-state index is 13.0. The zero-order valence-electron chi connectivity index (χ0n) is 18.8. The number of methoxy groups -OCH3 is 1. The van der Waals surface area contributed by atoms with Crippen LogP contribution in [-0.2, 0) is 14.8 Å². The molecular formula is C24H23Br2N3O5S. The Hall–Kier alpha value is -2.73. The summed E-state index contributed by atoms with van der Waals surface area (Å²) in [5, 5.41) is 14.0. The van der Waals surface area contributed by atoms with E-state index in [2.05, 4.69) is 47.1 Å². The van der Waals surface area contributed by atoms with Crippen molar-refractivity contribution in [3.63, 3.8) is 0 Å². The van der Waals surface area contributed by atoms with E-state index in [9.17, 15) is 18.3 Å². The Balaban J connectivity index is 1.77. The van der Waals surface area contributed by atoms with Crippen LogP contribution in [0.1, 0.15) is 29.2 Å². The number of benzene rings is 3. The van der Waals surface area contributed by atoms with Gasteiger partial charge < -0.3 is 9.84 Å². The van der Waals surface area contributed by atoms with Crippen molar-refractivity contribution >= 4 is 54.0 Å². The first-order valence-electron chi connectivity index (χ1n) is 10.3. The molecule has 0 radical (unpaired) electrons. The van der Waals surface area contributed by atoms with E-state index in [0.29, 0.717) is 20.1 Å². The van der Waals surface area contributed by atoms with Gasteiger partial charge in [0, 0.05) is 16.5 Å². The largest absolute Gasteiger partial charge is 0.503 e. The van der Waals surface area contributed by atoms with Crippen molar-refractivity contribution in [2.45, 2.75) is 24.3 Å². The van der Waals surface area contributed by atoms with Crippen LogP contribution in [0, 0.1) is 6.92 Å². The van der Waals surface area contributed by atoms with E-state index in [1.165, 1.54) is 25.5 Å². The molecule has 0 aliphatic rings. The third-order valence-corrected chi connectivity index (χ3v) is 8.65. The topological polar surface area (TPSA) is 117 Å². The minimum absolute atomic E-state index is 0.0767. The van der Waals surface area contributed by atoms with Crippen LogP contribution in [-0.4, -0.2) is 32.8 Å². The molecule has 0 fully saturated rings. The van der Waals surface area contributed by atoms with E-state index in [4.69, 9.17) is 4.74 Å². The van der Waals surface area contributed by atoms with Crippen molar-refractivity contribution in [2.75, 3.05) is 7.11 Å². The van der Waals surface area contributed by atoms with E-state index in [-0.39, 0.29) is 22.8 Å². The lowest BCUT2D eigenvalue weighted by molar-refractivity contribution is -0.121. The molecule has 184 valence electrons. The fourth-order valence-corrected chi connectivity index (χ4v) is 5.21. The number of carbonyl (C=O) groups excluding carboxylic acids is 1. The van der Waals surface area contributed by atoms with Crippen molar-refractivity contribution in [1.29, 1.82) is 0 Å². The summed E-state index contributed by atoms with van der Waals surface area (Å²) in [7, 11) is -2.46. The molecule has 0 aliphatic carbocycles. The molecule has 3 rings (SSSR count). The van der Waals surface area contributed by atoms with Crippen LogP contribution < -0.4 is 14.9 Å². The van der Waals surface area contributed by atoms with Gasteiger partial charge in [-0.3, -0.25) is 4.79 Å². The van der Waals surface area contributed by atoms with E-state index >= 15 is 0 Å². The van der Waals surface area contributed by atoms with Gasteiger partial charge >= 0.3 is 0 Å². The van der Waals surface area contributed by atoms with Gasteiger partial charge in [0.15, 0.2) is 11.5 Å². The predicted octanol–water partition coefficient (Wildman–Crippen LogP) is 4.79. The lowest BCUT2D eigenvalue weighted by Crippen LogP contribution is -2.32. The number of ether oxygens (including phenoxy) is 1. The highest BCUT2D eigenvalue weighted by molar-refractivity contribution is 9.13. The van der Waals surface area contributed by atoms with Gasteiger partial charge in [-0.25, -0.2) is 18.6 Å². The maximum atomic E-state index is 13.0. The summed E-state index contributed by atoms with van der Waals surface area (Å²) < 4.78 is 34.5. The van der Waals surface area contributed by atoms with Crippen molar-refractivity contribution in [2.24, 2.45) is 5.10 Å². The Morgan fingerprint density at radius 3 is 2.40 bits per heavy atom. The van der Waals surface area contributed by atoms with Gasteiger partial charge in [-0.15, -0.1) is 0 Å². The summed E-state index contributed by atoms with van der Waals surface area (Å²) in [5.41, 5.74) is 4.53.